The Hall–Kier alpha value is -1.20. The van der Waals surface area contributed by atoms with Crippen molar-refractivity contribution in [3.05, 3.63) is 29.3 Å². The number of nitrogens with one attached hydrogen (secondary N) is 1. The van der Waals surface area contributed by atoms with Gasteiger partial charge in [0.2, 0.25) is 5.91 Å². The fraction of sp³-hybridized carbons (Fsp3) is 0.385. The summed E-state index contributed by atoms with van der Waals surface area (Å²) >= 11 is 7.36. The zero-order valence-corrected chi connectivity index (χ0v) is 12.0. The third kappa shape index (κ3) is 5.12. The molecule has 1 heterocycles. The first-order valence-corrected chi connectivity index (χ1v) is 7.46. The highest BCUT2D eigenvalue weighted by Crippen LogP contribution is 2.15. The molecule has 1 aromatic rings. The Balaban J connectivity index is 1.61. The van der Waals surface area contributed by atoms with Gasteiger partial charge in [0, 0.05) is 17.2 Å². The van der Waals surface area contributed by atoms with Crippen LogP contribution in [-0.4, -0.2) is 30.0 Å². The topological polar surface area (TPSA) is 50.7 Å². The number of rotatable bonds is 5. The number of amidine groups is 1. The molecule has 0 radical (unpaired) electrons. The normalized spacial score (nSPS) is 14.1. The van der Waals surface area contributed by atoms with Crippen molar-refractivity contribution in [1.82, 2.24) is 5.32 Å². The molecule has 1 aromatic carbocycles. The number of amides is 1. The minimum absolute atomic E-state index is 0.00661. The molecule has 0 aliphatic carbocycles. The maximum absolute atomic E-state index is 11.6. The van der Waals surface area contributed by atoms with Gasteiger partial charge >= 0.3 is 0 Å². The van der Waals surface area contributed by atoms with Gasteiger partial charge in [0.05, 0.1) is 13.2 Å². The zero-order chi connectivity index (χ0) is 13.5. The van der Waals surface area contributed by atoms with Gasteiger partial charge in [0.25, 0.3) is 0 Å². The van der Waals surface area contributed by atoms with E-state index in [0.29, 0.717) is 24.5 Å². The number of nitrogens with zero attached hydrogens (tertiary/aromatic N) is 1. The predicted octanol–water partition coefficient (Wildman–Crippen LogP) is 2.72. The number of aliphatic imine (C=N–C) groups is 1. The summed E-state index contributed by atoms with van der Waals surface area (Å²) in [5.41, 5.74) is 0. The molecule has 0 saturated carbocycles. The number of ether oxygens (including phenoxy) is 1. The van der Waals surface area contributed by atoms with Crippen LogP contribution in [-0.2, 0) is 4.79 Å². The van der Waals surface area contributed by atoms with Crippen LogP contribution in [0, 0.1) is 0 Å². The Kier molecular flexibility index (Phi) is 5.54. The van der Waals surface area contributed by atoms with E-state index in [0.717, 1.165) is 23.2 Å². The second-order valence-electron chi connectivity index (χ2n) is 3.99. The van der Waals surface area contributed by atoms with Gasteiger partial charge in [-0.15, -0.1) is 0 Å². The maximum atomic E-state index is 11.6. The number of carbonyl (C=O) groups is 1. The Morgan fingerprint density at radius 1 is 1.42 bits per heavy atom. The third-order valence-electron chi connectivity index (χ3n) is 2.46. The highest BCUT2D eigenvalue weighted by atomic mass is 35.5. The van der Waals surface area contributed by atoms with Gasteiger partial charge in [-0.1, -0.05) is 23.4 Å². The quantitative estimate of drug-likeness (QED) is 0.850. The van der Waals surface area contributed by atoms with Crippen LogP contribution in [0.1, 0.15) is 12.8 Å². The summed E-state index contributed by atoms with van der Waals surface area (Å²) < 4.78 is 5.51. The van der Waals surface area contributed by atoms with Gasteiger partial charge in [-0.25, -0.2) is 0 Å². The third-order valence-corrected chi connectivity index (χ3v) is 3.61. The smallest absolute Gasteiger partial charge is 0.226 e. The molecule has 0 aromatic heterocycles. The van der Waals surface area contributed by atoms with Crippen molar-refractivity contribution in [3.8, 4) is 5.75 Å². The molecule has 1 N–H and O–H groups in total. The van der Waals surface area contributed by atoms with E-state index in [4.69, 9.17) is 16.3 Å². The van der Waals surface area contributed by atoms with Crippen molar-refractivity contribution >= 4 is 34.4 Å². The fourth-order valence-corrected chi connectivity index (χ4v) is 2.42. The first kappa shape index (κ1) is 14.2. The van der Waals surface area contributed by atoms with Crippen molar-refractivity contribution in [2.45, 2.75) is 12.8 Å². The van der Waals surface area contributed by atoms with Gasteiger partial charge in [-0.2, -0.15) is 0 Å². The fourth-order valence-electron chi connectivity index (χ4n) is 1.55. The van der Waals surface area contributed by atoms with Crippen LogP contribution in [0.25, 0.3) is 0 Å². The molecule has 2 rings (SSSR count). The zero-order valence-electron chi connectivity index (χ0n) is 10.4. The van der Waals surface area contributed by atoms with Crippen molar-refractivity contribution < 1.29 is 9.53 Å². The van der Waals surface area contributed by atoms with Crippen LogP contribution in [0.5, 0.6) is 5.75 Å². The summed E-state index contributed by atoms with van der Waals surface area (Å²) in [6, 6.07) is 7.18. The molecule has 19 heavy (non-hydrogen) atoms. The summed E-state index contributed by atoms with van der Waals surface area (Å²) in [7, 11) is 0. The SMILES string of the molecule is O=C(CCCOc1ccc(Cl)cc1)NC1=NCCS1. The highest BCUT2D eigenvalue weighted by Gasteiger charge is 2.10. The number of thioether (sulfide) groups is 1. The summed E-state index contributed by atoms with van der Waals surface area (Å²) in [6.07, 6.45) is 1.11. The number of hydrogen-bond acceptors (Lipinski definition) is 4. The van der Waals surface area contributed by atoms with Gasteiger partial charge in [0.15, 0.2) is 5.17 Å². The largest absolute Gasteiger partial charge is 0.494 e. The van der Waals surface area contributed by atoms with Crippen molar-refractivity contribution in [1.29, 1.82) is 0 Å². The van der Waals surface area contributed by atoms with E-state index in [1.807, 2.05) is 12.1 Å². The molecule has 102 valence electrons. The van der Waals surface area contributed by atoms with Gasteiger partial charge < -0.3 is 10.1 Å². The van der Waals surface area contributed by atoms with E-state index in [2.05, 4.69) is 10.3 Å². The number of benzene rings is 1. The predicted molar refractivity (Wildman–Crippen MR) is 79.1 cm³/mol. The average molecular weight is 299 g/mol. The highest BCUT2D eigenvalue weighted by molar-refractivity contribution is 8.14. The van der Waals surface area contributed by atoms with Gasteiger partial charge in [-0.05, 0) is 30.7 Å². The molecule has 4 nitrogen and oxygen atoms in total. The van der Waals surface area contributed by atoms with Crippen LogP contribution in [0.3, 0.4) is 0 Å². The standard InChI is InChI=1S/C13H15ClN2O2S/c14-10-3-5-11(6-4-10)18-8-1-2-12(17)16-13-15-7-9-19-13/h3-6H,1-2,7-9H2,(H,15,16,17). The molecule has 6 heteroatoms. The monoisotopic (exact) mass is 298 g/mol. The summed E-state index contributed by atoms with van der Waals surface area (Å²) in [6.45, 7) is 1.30. The van der Waals surface area contributed by atoms with Crippen molar-refractivity contribution in [2.24, 2.45) is 4.99 Å². The molecule has 1 aliphatic heterocycles. The van der Waals surface area contributed by atoms with Gasteiger partial charge in [0.1, 0.15) is 5.75 Å². The minimum atomic E-state index is -0.00661. The molecule has 0 fully saturated rings. The maximum Gasteiger partial charge on any atom is 0.226 e. The van der Waals surface area contributed by atoms with Crippen molar-refractivity contribution in [2.75, 3.05) is 18.9 Å². The van der Waals surface area contributed by atoms with Crippen LogP contribution in [0.4, 0.5) is 0 Å². The number of hydrogen-bond donors (Lipinski definition) is 1. The molecule has 0 bridgehead atoms. The first-order chi connectivity index (χ1) is 9.24. The number of halogens is 1. The second-order valence-corrected chi connectivity index (χ2v) is 5.51. The van der Waals surface area contributed by atoms with E-state index >= 15 is 0 Å². The van der Waals surface area contributed by atoms with Crippen LogP contribution >= 0.6 is 23.4 Å². The van der Waals surface area contributed by atoms with E-state index in [9.17, 15) is 4.79 Å². The van der Waals surface area contributed by atoms with Crippen molar-refractivity contribution in [3.63, 3.8) is 0 Å². The molecule has 1 aliphatic rings. The molecular formula is C13H15ClN2O2S. The lowest BCUT2D eigenvalue weighted by atomic mass is 10.3. The van der Waals surface area contributed by atoms with E-state index in [1.165, 1.54) is 0 Å². The van der Waals surface area contributed by atoms with E-state index in [1.54, 1.807) is 23.9 Å². The summed E-state index contributed by atoms with van der Waals surface area (Å²) in [5, 5.41) is 4.21. The lowest BCUT2D eigenvalue weighted by Crippen LogP contribution is -2.27. The minimum Gasteiger partial charge on any atom is -0.494 e. The summed E-state index contributed by atoms with van der Waals surface area (Å²) in [5.74, 6) is 1.71. The van der Waals surface area contributed by atoms with Crippen LogP contribution in [0.2, 0.25) is 5.02 Å². The number of carbonyl (C=O) groups excluding carboxylic acids is 1. The average Bonchev–Trinajstić information content (AvgIpc) is 2.89. The van der Waals surface area contributed by atoms with Gasteiger partial charge in [-0.3, -0.25) is 9.79 Å². The van der Waals surface area contributed by atoms with Crippen LogP contribution < -0.4 is 10.1 Å². The molecule has 0 unspecified atom stereocenters. The van der Waals surface area contributed by atoms with E-state index < -0.39 is 0 Å². The molecule has 0 spiro atoms. The Labute approximate surface area is 121 Å². The lowest BCUT2D eigenvalue weighted by Gasteiger charge is -2.06. The summed E-state index contributed by atoms with van der Waals surface area (Å²) in [4.78, 5) is 15.7. The molecule has 0 atom stereocenters. The molecular weight excluding hydrogens is 284 g/mol. The Morgan fingerprint density at radius 3 is 2.89 bits per heavy atom. The Morgan fingerprint density at radius 2 is 2.21 bits per heavy atom. The molecule has 0 saturated heterocycles. The Bertz CT molecular complexity index is 462. The lowest BCUT2D eigenvalue weighted by molar-refractivity contribution is -0.119. The molecule has 1 amide bonds. The van der Waals surface area contributed by atoms with E-state index in [-0.39, 0.29) is 5.91 Å². The second kappa shape index (κ2) is 7.40. The van der Waals surface area contributed by atoms with Crippen LogP contribution in [0.15, 0.2) is 29.3 Å². The first-order valence-electron chi connectivity index (χ1n) is 6.09.